The Kier molecular flexibility index (Phi) is 6.52. The van der Waals surface area contributed by atoms with Crippen molar-refractivity contribution in [1.82, 2.24) is 34.2 Å². The molecule has 1 amide bonds. The first kappa shape index (κ1) is 25.3. The van der Waals surface area contributed by atoms with E-state index in [4.69, 9.17) is 4.74 Å². The molecule has 0 bridgehead atoms. The number of rotatable bonds is 6. The number of pyridine rings is 2. The van der Waals surface area contributed by atoms with Crippen LogP contribution in [0.4, 0.5) is 4.39 Å². The molecule has 0 atom stereocenters. The van der Waals surface area contributed by atoms with Gasteiger partial charge in [-0.3, -0.25) is 14.2 Å². The van der Waals surface area contributed by atoms with E-state index in [9.17, 15) is 19.1 Å². The van der Waals surface area contributed by atoms with Crippen molar-refractivity contribution in [2.24, 2.45) is 0 Å². The molecule has 1 saturated heterocycles. The van der Waals surface area contributed by atoms with Gasteiger partial charge in [-0.05, 0) is 55.3 Å². The average molecular weight is 542 g/mol. The summed E-state index contributed by atoms with van der Waals surface area (Å²) < 4.78 is 21.7. The molecular formula is C28H24FN7O4. The van der Waals surface area contributed by atoms with Crippen molar-refractivity contribution in [1.29, 1.82) is 0 Å². The van der Waals surface area contributed by atoms with Gasteiger partial charge < -0.3 is 14.7 Å². The smallest absolute Gasteiger partial charge is 0.272 e. The molecule has 0 spiro atoms. The van der Waals surface area contributed by atoms with Crippen molar-refractivity contribution in [3.05, 3.63) is 101 Å². The summed E-state index contributed by atoms with van der Waals surface area (Å²) in [6.07, 6.45) is 6.43. The van der Waals surface area contributed by atoms with Gasteiger partial charge in [-0.15, -0.1) is 0 Å². The molecule has 11 nitrogen and oxygen atoms in total. The molecule has 1 aliphatic rings. The van der Waals surface area contributed by atoms with Gasteiger partial charge in [0.1, 0.15) is 29.0 Å². The first-order valence-electron chi connectivity index (χ1n) is 12.6. The minimum absolute atomic E-state index is 0.0241. The number of fused-ring (bicyclic) bond motifs is 1. The predicted octanol–water partition coefficient (Wildman–Crippen LogP) is 2.97. The van der Waals surface area contributed by atoms with Crippen LogP contribution in [0.5, 0.6) is 11.6 Å². The van der Waals surface area contributed by atoms with Gasteiger partial charge in [-0.25, -0.2) is 24.0 Å². The highest BCUT2D eigenvalue weighted by Crippen LogP contribution is 2.26. The largest absolute Gasteiger partial charge is 0.437 e. The number of nitrogens with zero attached hydrogens (tertiary/aromatic N) is 7. The maximum atomic E-state index is 13.3. The molecule has 1 aromatic carbocycles. The number of carbonyl (C=O) groups excluding carboxylic acids is 1. The molecule has 5 aromatic rings. The lowest BCUT2D eigenvalue weighted by atomic mass is 9.91. The number of hydrogen-bond donors (Lipinski definition) is 1. The van der Waals surface area contributed by atoms with Crippen molar-refractivity contribution in [2.45, 2.75) is 25.0 Å². The van der Waals surface area contributed by atoms with Crippen molar-refractivity contribution >= 4 is 16.9 Å². The Morgan fingerprint density at radius 2 is 1.80 bits per heavy atom. The molecule has 40 heavy (non-hydrogen) atoms. The summed E-state index contributed by atoms with van der Waals surface area (Å²) >= 11 is 0. The number of aliphatic hydroxyl groups is 1. The van der Waals surface area contributed by atoms with Crippen molar-refractivity contribution in [2.75, 3.05) is 13.1 Å². The number of halogens is 1. The summed E-state index contributed by atoms with van der Waals surface area (Å²) in [6.45, 7) is 0.628. The lowest BCUT2D eigenvalue weighted by molar-refractivity contribution is -0.0300. The number of amides is 1. The van der Waals surface area contributed by atoms with Crippen LogP contribution in [-0.2, 0) is 6.54 Å². The van der Waals surface area contributed by atoms with Crippen molar-refractivity contribution < 1.29 is 19.0 Å². The Morgan fingerprint density at radius 1 is 1.00 bits per heavy atom. The standard InChI is InChI=1S/C28H24FN7O4/c29-19-4-6-20(7-5-19)36-25-22(16-33-36)26(37)35(18-32-25)17-28(39)10-13-34(14-11-28)27(38)23-9-8-21(15-31-23)40-24-3-1-2-12-30-24/h1-9,12,15-16,18,39H,10-11,13-14,17H2. The Hall–Kier alpha value is -4.97. The summed E-state index contributed by atoms with van der Waals surface area (Å²) in [6, 6.07) is 14.3. The molecule has 202 valence electrons. The Labute approximate surface area is 227 Å². The van der Waals surface area contributed by atoms with Crippen LogP contribution in [0.3, 0.4) is 0 Å². The molecule has 1 N–H and O–H groups in total. The minimum Gasteiger partial charge on any atom is -0.437 e. The van der Waals surface area contributed by atoms with E-state index in [0.29, 0.717) is 36.1 Å². The predicted molar refractivity (Wildman–Crippen MR) is 142 cm³/mol. The highest BCUT2D eigenvalue weighted by atomic mass is 19.1. The molecule has 5 heterocycles. The third kappa shape index (κ3) is 5.04. The van der Waals surface area contributed by atoms with E-state index < -0.39 is 5.60 Å². The van der Waals surface area contributed by atoms with Gasteiger partial charge >= 0.3 is 0 Å². The topological polar surface area (TPSA) is 128 Å². The maximum Gasteiger partial charge on any atom is 0.272 e. The number of hydrogen-bond acceptors (Lipinski definition) is 8. The second-order valence-electron chi connectivity index (χ2n) is 9.61. The zero-order valence-corrected chi connectivity index (χ0v) is 21.2. The molecule has 0 unspecified atom stereocenters. The first-order valence-corrected chi connectivity index (χ1v) is 12.6. The number of carbonyl (C=O) groups is 1. The second kappa shape index (κ2) is 10.3. The molecular weight excluding hydrogens is 517 g/mol. The lowest BCUT2D eigenvalue weighted by Crippen LogP contribution is -2.49. The number of likely N-dealkylation sites (tertiary alicyclic amines) is 1. The van der Waals surface area contributed by atoms with Gasteiger partial charge in [0.25, 0.3) is 11.5 Å². The van der Waals surface area contributed by atoms with Crippen LogP contribution in [0.2, 0.25) is 0 Å². The van der Waals surface area contributed by atoms with E-state index in [-0.39, 0.29) is 47.8 Å². The number of aromatic nitrogens is 6. The van der Waals surface area contributed by atoms with Crippen LogP contribution in [0.25, 0.3) is 16.7 Å². The number of benzene rings is 1. The summed E-state index contributed by atoms with van der Waals surface area (Å²) in [7, 11) is 0. The zero-order valence-electron chi connectivity index (χ0n) is 21.2. The minimum atomic E-state index is -1.20. The van der Waals surface area contributed by atoms with Gasteiger partial charge in [0.2, 0.25) is 5.88 Å². The second-order valence-corrected chi connectivity index (χ2v) is 9.61. The van der Waals surface area contributed by atoms with E-state index in [2.05, 4.69) is 20.1 Å². The van der Waals surface area contributed by atoms with E-state index in [0.717, 1.165) is 0 Å². The highest BCUT2D eigenvalue weighted by Gasteiger charge is 2.35. The summed E-state index contributed by atoms with van der Waals surface area (Å²) in [5, 5.41) is 15.8. The summed E-state index contributed by atoms with van der Waals surface area (Å²) in [4.78, 5) is 40.5. The summed E-state index contributed by atoms with van der Waals surface area (Å²) in [5.74, 6) is 0.258. The molecule has 0 saturated carbocycles. The Balaban J connectivity index is 1.11. The monoisotopic (exact) mass is 541 g/mol. The first-order chi connectivity index (χ1) is 19.4. The van der Waals surface area contributed by atoms with Gasteiger partial charge in [0.05, 0.1) is 30.2 Å². The molecule has 1 fully saturated rings. The van der Waals surface area contributed by atoms with Crippen LogP contribution in [0.1, 0.15) is 23.3 Å². The van der Waals surface area contributed by atoms with Crippen LogP contribution in [-0.4, -0.2) is 63.9 Å². The normalized spacial score (nSPS) is 14.8. The fraction of sp³-hybridized carbons (Fsp3) is 0.214. The van der Waals surface area contributed by atoms with E-state index in [1.807, 2.05) is 0 Å². The zero-order chi connectivity index (χ0) is 27.7. The molecule has 1 aliphatic heterocycles. The molecule has 6 rings (SSSR count). The quantitative estimate of drug-likeness (QED) is 0.348. The number of piperidine rings is 1. The van der Waals surface area contributed by atoms with Crippen molar-refractivity contribution in [3.8, 4) is 17.3 Å². The highest BCUT2D eigenvalue weighted by molar-refractivity contribution is 5.92. The van der Waals surface area contributed by atoms with Crippen LogP contribution in [0, 0.1) is 5.82 Å². The summed E-state index contributed by atoms with van der Waals surface area (Å²) in [5.41, 5.74) is -0.368. The fourth-order valence-corrected chi connectivity index (χ4v) is 4.69. The van der Waals surface area contributed by atoms with Crippen LogP contribution >= 0.6 is 0 Å². The molecule has 4 aromatic heterocycles. The van der Waals surface area contributed by atoms with Crippen LogP contribution in [0.15, 0.2) is 84.3 Å². The third-order valence-corrected chi connectivity index (χ3v) is 6.89. The maximum absolute atomic E-state index is 13.3. The van der Waals surface area contributed by atoms with Gasteiger partial charge in [0.15, 0.2) is 5.65 Å². The number of ether oxygens (including phenoxy) is 1. The molecule has 0 radical (unpaired) electrons. The van der Waals surface area contributed by atoms with E-state index in [1.165, 1.54) is 40.1 Å². The average Bonchev–Trinajstić information content (AvgIpc) is 3.41. The van der Waals surface area contributed by atoms with E-state index >= 15 is 0 Å². The lowest BCUT2D eigenvalue weighted by Gasteiger charge is -2.38. The van der Waals surface area contributed by atoms with Gasteiger partial charge in [-0.1, -0.05) is 6.07 Å². The fourth-order valence-electron chi connectivity index (χ4n) is 4.69. The van der Waals surface area contributed by atoms with Gasteiger partial charge in [0, 0.05) is 25.4 Å². The van der Waals surface area contributed by atoms with Gasteiger partial charge in [-0.2, -0.15) is 5.10 Å². The van der Waals surface area contributed by atoms with E-state index in [1.54, 1.807) is 53.6 Å². The molecule has 12 heteroatoms. The Morgan fingerprint density at radius 3 is 2.50 bits per heavy atom. The SMILES string of the molecule is O=C(c1ccc(Oc2ccccn2)cn1)N1CCC(O)(Cn2cnc3c(cnn3-c3ccc(F)cc3)c2=O)CC1. The van der Waals surface area contributed by atoms with Crippen LogP contribution < -0.4 is 10.3 Å². The van der Waals surface area contributed by atoms with Crippen molar-refractivity contribution in [3.63, 3.8) is 0 Å². The Bertz CT molecular complexity index is 1710. The molecule has 0 aliphatic carbocycles. The third-order valence-electron chi connectivity index (χ3n) is 6.89.